The first-order chi connectivity index (χ1) is 11.5. The lowest BCUT2D eigenvalue weighted by atomic mass is 10.0. The molecule has 0 unspecified atom stereocenters. The van der Waals surface area contributed by atoms with Gasteiger partial charge in [-0.1, -0.05) is 37.3 Å². The van der Waals surface area contributed by atoms with Gasteiger partial charge >= 0.3 is 5.69 Å². The van der Waals surface area contributed by atoms with E-state index in [9.17, 15) is 9.59 Å². The minimum absolute atomic E-state index is 0.246. The molecule has 6 heteroatoms. The minimum Gasteiger partial charge on any atom is -0.299 e. The van der Waals surface area contributed by atoms with Crippen molar-refractivity contribution < 1.29 is 0 Å². The highest BCUT2D eigenvalue weighted by molar-refractivity contribution is 8.00. The van der Waals surface area contributed by atoms with Crippen LogP contribution in [0.3, 0.4) is 0 Å². The second-order valence-electron chi connectivity index (χ2n) is 6.28. The Balaban J connectivity index is 1.96. The van der Waals surface area contributed by atoms with Gasteiger partial charge in [-0.05, 0) is 5.56 Å². The van der Waals surface area contributed by atoms with Crippen LogP contribution in [0.25, 0.3) is 0 Å². The fraction of sp³-hybridized carbons (Fsp3) is 0.444. The van der Waals surface area contributed by atoms with Crippen LogP contribution in [0.4, 0.5) is 0 Å². The summed E-state index contributed by atoms with van der Waals surface area (Å²) < 4.78 is 2.72. The minimum atomic E-state index is -0.270. The van der Waals surface area contributed by atoms with Crippen molar-refractivity contribution in [2.24, 2.45) is 14.1 Å². The van der Waals surface area contributed by atoms with Gasteiger partial charge in [0.25, 0.3) is 5.56 Å². The van der Waals surface area contributed by atoms with E-state index in [2.05, 4.69) is 36.1 Å². The van der Waals surface area contributed by atoms with Crippen LogP contribution >= 0.6 is 11.8 Å². The molecule has 128 valence electrons. The summed E-state index contributed by atoms with van der Waals surface area (Å²) >= 11 is 1.97. The summed E-state index contributed by atoms with van der Waals surface area (Å²) in [7, 11) is 3.25. The molecule has 0 N–H and O–H groups in total. The van der Waals surface area contributed by atoms with Gasteiger partial charge in [0.05, 0.1) is 0 Å². The summed E-state index contributed by atoms with van der Waals surface area (Å²) in [6.07, 6.45) is 0. The zero-order chi connectivity index (χ0) is 17.3. The molecule has 1 aromatic carbocycles. The first kappa shape index (κ1) is 17.0. The van der Waals surface area contributed by atoms with Crippen LogP contribution in [-0.2, 0) is 20.6 Å². The summed E-state index contributed by atoms with van der Waals surface area (Å²) in [6.45, 7) is 3.79. The third-order valence-electron chi connectivity index (χ3n) is 4.73. The maximum absolute atomic E-state index is 12.2. The van der Waals surface area contributed by atoms with Crippen LogP contribution in [0, 0.1) is 0 Å². The Morgan fingerprint density at radius 3 is 2.54 bits per heavy atom. The predicted molar refractivity (Wildman–Crippen MR) is 98.4 cm³/mol. The van der Waals surface area contributed by atoms with Crippen LogP contribution < -0.4 is 11.2 Å². The molecule has 0 amide bonds. The van der Waals surface area contributed by atoms with Crippen LogP contribution in [0.15, 0.2) is 46.0 Å². The average Bonchev–Trinajstić information content (AvgIpc) is 2.59. The Bertz CT molecular complexity index is 828. The van der Waals surface area contributed by atoms with Gasteiger partial charge in [0.1, 0.15) is 0 Å². The van der Waals surface area contributed by atoms with E-state index >= 15 is 0 Å². The summed E-state index contributed by atoms with van der Waals surface area (Å²) in [5, 5.41) is 0.463. The standard InChI is InChI=1S/C18H23N3O2S/c1-13-17(14-7-5-4-6-8-14)21(9-10-24-13)12-15-11-16(22)20(3)18(23)19(15)2/h4-8,11,13,17H,9-10,12H2,1-3H3/t13-,17+/m1/s1. The van der Waals surface area contributed by atoms with E-state index < -0.39 is 0 Å². The molecule has 2 aromatic rings. The van der Waals surface area contributed by atoms with E-state index in [-0.39, 0.29) is 17.3 Å². The summed E-state index contributed by atoms with van der Waals surface area (Å²) in [5.74, 6) is 1.06. The second kappa shape index (κ2) is 6.99. The molecule has 3 rings (SSSR count). The molecular weight excluding hydrogens is 322 g/mol. The van der Waals surface area contributed by atoms with Crippen molar-refractivity contribution in [3.8, 4) is 0 Å². The maximum atomic E-state index is 12.2. The fourth-order valence-electron chi connectivity index (χ4n) is 3.33. The summed E-state index contributed by atoms with van der Waals surface area (Å²) in [6, 6.07) is 12.3. The largest absolute Gasteiger partial charge is 0.330 e. The van der Waals surface area contributed by atoms with Crippen molar-refractivity contribution in [1.29, 1.82) is 0 Å². The lowest BCUT2D eigenvalue weighted by Gasteiger charge is -2.40. The van der Waals surface area contributed by atoms with Gasteiger partial charge in [-0.15, -0.1) is 0 Å². The molecule has 0 aliphatic carbocycles. The Hall–Kier alpha value is -1.79. The first-order valence-electron chi connectivity index (χ1n) is 8.15. The van der Waals surface area contributed by atoms with Gasteiger partial charge in [0.2, 0.25) is 0 Å². The van der Waals surface area contributed by atoms with E-state index in [0.717, 1.165) is 22.6 Å². The number of benzene rings is 1. The van der Waals surface area contributed by atoms with Gasteiger partial charge in [-0.3, -0.25) is 18.8 Å². The second-order valence-corrected chi connectivity index (χ2v) is 7.76. The molecule has 1 aliphatic rings. The average molecular weight is 345 g/mol. The highest BCUT2D eigenvalue weighted by atomic mass is 32.2. The normalized spacial score (nSPS) is 21.8. The SMILES string of the molecule is C[C@H]1SCCN(Cc2cc(=O)n(C)c(=O)n2C)[C@@H]1c1ccccc1. The van der Waals surface area contributed by atoms with Gasteiger partial charge in [-0.2, -0.15) is 11.8 Å². The zero-order valence-corrected chi connectivity index (χ0v) is 15.1. The van der Waals surface area contributed by atoms with E-state index in [1.807, 2.05) is 17.8 Å². The molecule has 0 saturated carbocycles. The zero-order valence-electron chi connectivity index (χ0n) is 14.3. The van der Waals surface area contributed by atoms with Crippen molar-refractivity contribution in [3.63, 3.8) is 0 Å². The molecule has 1 saturated heterocycles. The molecule has 0 bridgehead atoms. The van der Waals surface area contributed by atoms with Crippen LogP contribution in [-0.4, -0.2) is 31.6 Å². The lowest BCUT2D eigenvalue weighted by Crippen LogP contribution is -2.43. The van der Waals surface area contributed by atoms with E-state index in [1.54, 1.807) is 17.7 Å². The van der Waals surface area contributed by atoms with Crippen molar-refractivity contribution in [1.82, 2.24) is 14.0 Å². The lowest BCUT2D eigenvalue weighted by molar-refractivity contribution is 0.186. The summed E-state index contributed by atoms with van der Waals surface area (Å²) in [5.41, 5.74) is 1.53. The van der Waals surface area contributed by atoms with Gasteiger partial charge in [-0.25, -0.2) is 4.79 Å². The fourth-order valence-corrected chi connectivity index (χ4v) is 4.55. The molecule has 24 heavy (non-hydrogen) atoms. The van der Waals surface area contributed by atoms with Crippen LogP contribution in [0.1, 0.15) is 24.2 Å². The Labute approximate surface area is 145 Å². The smallest absolute Gasteiger partial charge is 0.299 e. The Kier molecular flexibility index (Phi) is 4.96. The monoisotopic (exact) mass is 345 g/mol. The van der Waals surface area contributed by atoms with Crippen molar-refractivity contribution in [2.45, 2.75) is 24.8 Å². The maximum Gasteiger partial charge on any atom is 0.330 e. The Morgan fingerprint density at radius 1 is 1.12 bits per heavy atom. The van der Waals surface area contributed by atoms with E-state index in [1.165, 1.54) is 12.6 Å². The molecule has 2 heterocycles. The number of thioether (sulfide) groups is 1. The molecule has 2 atom stereocenters. The molecule has 1 aromatic heterocycles. The number of rotatable bonds is 3. The molecule has 1 fully saturated rings. The number of hydrogen-bond acceptors (Lipinski definition) is 4. The third-order valence-corrected chi connectivity index (χ3v) is 5.93. The molecule has 1 aliphatic heterocycles. The van der Waals surface area contributed by atoms with Crippen molar-refractivity contribution in [3.05, 3.63) is 68.5 Å². The number of aromatic nitrogens is 2. The van der Waals surface area contributed by atoms with E-state index in [4.69, 9.17) is 0 Å². The first-order valence-corrected chi connectivity index (χ1v) is 9.20. The quantitative estimate of drug-likeness (QED) is 0.851. The van der Waals surface area contributed by atoms with Gasteiger partial charge in [0.15, 0.2) is 0 Å². The third kappa shape index (κ3) is 3.21. The van der Waals surface area contributed by atoms with Crippen molar-refractivity contribution >= 4 is 11.8 Å². The van der Waals surface area contributed by atoms with Crippen molar-refractivity contribution in [2.75, 3.05) is 12.3 Å². The van der Waals surface area contributed by atoms with Crippen LogP contribution in [0.2, 0.25) is 0 Å². The number of hydrogen-bond donors (Lipinski definition) is 0. The van der Waals surface area contributed by atoms with Gasteiger partial charge in [0, 0.05) is 56.0 Å². The molecule has 0 radical (unpaired) electrons. The van der Waals surface area contributed by atoms with E-state index in [0.29, 0.717) is 11.8 Å². The number of nitrogens with zero attached hydrogens (tertiary/aromatic N) is 3. The van der Waals surface area contributed by atoms with Crippen LogP contribution in [0.5, 0.6) is 0 Å². The summed E-state index contributed by atoms with van der Waals surface area (Å²) in [4.78, 5) is 26.5. The highest BCUT2D eigenvalue weighted by Gasteiger charge is 2.30. The highest BCUT2D eigenvalue weighted by Crippen LogP contribution is 2.36. The molecular formula is C18H23N3O2S. The molecule has 5 nitrogen and oxygen atoms in total. The predicted octanol–water partition coefficient (Wildman–Crippen LogP) is 1.76. The topological polar surface area (TPSA) is 47.2 Å². The van der Waals surface area contributed by atoms with Gasteiger partial charge < -0.3 is 0 Å². The molecule has 0 spiro atoms. The Morgan fingerprint density at radius 2 is 1.83 bits per heavy atom.